The van der Waals surface area contributed by atoms with Crippen molar-refractivity contribution >= 4 is 39.0 Å². The number of fused-ring (bicyclic) bond motifs is 1. The molecule has 0 saturated carbocycles. The minimum Gasteiger partial charge on any atom is -0.256 e. The number of rotatable bonds is 0. The van der Waals surface area contributed by atoms with Crippen LogP contribution in [0.4, 0.5) is 0 Å². The van der Waals surface area contributed by atoms with Crippen molar-refractivity contribution in [3.63, 3.8) is 0 Å². The molecule has 2 rings (SSSR count). The van der Waals surface area contributed by atoms with Crippen LogP contribution in [0.15, 0.2) is 42.6 Å². The van der Waals surface area contributed by atoms with Crippen molar-refractivity contribution in [3.8, 4) is 0 Å². The maximum Gasteiger partial charge on any atom is 0.169 e. The fraction of sp³-hybridized carbons (Fsp3) is 0. The first kappa shape index (κ1) is 9.51. The standard InChI is InChI=1S/C9H7N.BI/c1-2-6-9-8(4-1)5-3-7-10-9;1-2/h1-7H;. The van der Waals surface area contributed by atoms with Gasteiger partial charge in [-0.3, -0.25) is 4.98 Å². The smallest absolute Gasteiger partial charge is 0.169 e. The second-order valence-electron chi connectivity index (χ2n) is 2.20. The van der Waals surface area contributed by atoms with E-state index in [1.165, 1.54) is 5.39 Å². The van der Waals surface area contributed by atoms with E-state index < -0.39 is 0 Å². The molecule has 2 aromatic rings. The second kappa shape index (κ2) is 5.14. The van der Waals surface area contributed by atoms with Gasteiger partial charge in [0.1, 0.15) is 0 Å². The first-order valence-electron chi connectivity index (χ1n) is 3.48. The topological polar surface area (TPSA) is 12.9 Å². The van der Waals surface area contributed by atoms with Gasteiger partial charge in [0, 0.05) is 11.6 Å². The highest BCUT2D eigenvalue weighted by Gasteiger charge is 1.86. The fourth-order valence-electron chi connectivity index (χ4n) is 1.02. The molecule has 0 unspecified atom stereocenters. The first-order valence-corrected chi connectivity index (χ1v) is 4.73. The van der Waals surface area contributed by atoms with Crippen LogP contribution in [-0.4, -0.2) is 10.7 Å². The molecule has 0 bridgehead atoms. The zero-order valence-corrected chi connectivity index (χ0v) is 8.60. The van der Waals surface area contributed by atoms with E-state index in [-0.39, 0.29) is 0 Å². The van der Waals surface area contributed by atoms with Gasteiger partial charge in [-0.15, -0.1) is 0 Å². The summed E-state index contributed by atoms with van der Waals surface area (Å²) in [5.41, 5.74) is 5.53. The molecule has 0 aliphatic rings. The molecule has 3 heteroatoms. The number of aromatic nitrogens is 1. The summed E-state index contributed by atoms with van der Waals surface area (Å²) in [7, 11) is 0. The van der Waals surface area contributed by atoms with Gasteiger partial charge in [0.15, 0.2) is 5.70 Å². The van der Waals surface area contributed by atoms with E-state index >= 15 is 0 Å². The van der Waals surface area contributed by atoms with Crippen LogP contribution in [0.5, 0.6) is 0 Å². The Balaban J connectivity index is 0.000000336. The van der Waals surface area contributed by atoms with Gasteiger partial charge in [-0.2, -0.15) is 22.4 Å². The third kappa shape index (κ3) is 2.20. The molecule has 1 aromatic carbocycles. The van der Waals surface area contributed by atoms with Crippen molar-refractivity contribution < 1.29 is 0 Å². The van der Waals surface area contributed by atoms with Crippen molar-refractivity contribution in [2.75, 3.05) is 0 Å². The number of para-hydroxylation sites is 1. The summed E-state index contributed by atoms with van der Waals surface area (Å²) in [4.78, 5) is 4.18. The average molecular weight is 267 g/mol. The molecule has 0 amide bonds. The van der Waals surface area contributed by atoms with Gasteiger partial charge in [0.25, 0.3) is 0 Å². The van der Waals surface area contributed by atoms with Crippen LogP contribution in [0.1, 0.15) is 0 Å². The van der Waals surface area contributed by atoms with Crippen molar-refractivity contribution in [1.82, 2.24) is 4.98 Å². The maximum absolute atomic E-state index is 4.47. The molecular weight excluding hydrogens is 260 g/mol. The monoisotopic (exact) mass is 267 g/mol. The van der Waals surface area contributed by atoms with Crippen LogP contribution >= 0.6 is 22.4 Å². The number of pyridine rings is 1. The fourth-order valence-corrected chi connectivity index (χ4v) is 1.02. The third-order valence-corrected chi connectivity index (χ3v) is 1.51. The zero-order valence-electron chi connectivity index (χ0n) is 6.44. The van der Waals surface area contributed by atoms with Crippen LogP contribution in [0.3, 0.4) is 0 Å². The average Bonchev–Trinajstić information content (AvgIpc) is 2.21. The Labute approximate surface area is 86.5 Å². The SMILES string of the molecule is [B]I.c1ccc2ncccc2c1. The van der Waals surface area contributed by atoms with Crippen LogP contribution in [0, 0.1) is 0 Å². The molecule has 1 nitrogen and oxygen atoms in total. The minimum absolute atomic E-state index is 1.06. The summed E-state index contributed by atoms with van der Waals surface area (Å²) in [6.07, 6.45) is 1.81. The van der Waals surface area contributed by atoms with E-state index in [0.29, 0.717) is 0 Å². The number of nitrogens with zero attached hydrogens (tertiary/aromatic N) is 1. The first-order chi connectivity index (χ1) is 5.97. The quantitative estimate of drug-likeness (QED) is 0.528. The second-order valence-corrected chi connectivity index (χ2v) is 2.20. The van der Waals surface area contributed by atoms with E-state index in [0.717, 1.165) is 5.52 Å². The Morgan fingerprint density at radius 1 is 1.00 bits per heavy atom. The van der Waals surface area contributed by atoms with Gasteiger partial charge in [0.2, 0.25) is 0 Å². The largest absolute Gasteiger partial charge is 0.256 e. The maximum atomic E-state index is 4.47. The predicted octanol–water partition coefficient (Wildman–Crippen LogP) is 2.74. The van der Waals surface area contributed by atoms with Crippen molar-refractivity contribution in [3.05, 3.63) is 42.6 Å². The van der Waals surface area contributed by atoms with Gasteiger partial charge < -0.3 is 0 Å². The van der Waals surface area contributed by atoms with Crippen molar-refractivity contribution in [1.29, 1.82) is 0 Å². The molecular formula is C9H7BIN. The Kier molecular flexibility index (Phi) is 4.07. The summed E-state index contributed by atoms with van der Waals surface area (Å²) in [6.45, 7) is 0. The molecule has 0 fully saturated rings. The van der Waals surface area contributed by atoms with Gasteiger partial charge in [-0.1, -0.05) is 24.3 Å². The number of benzene rings is 1. The van der Waals surface area contributed by atoms with Gasteiger partial charge in [-0.05, 0) is 12.1 Å². The molecule has 0 spiro atoms. The Hall–Kier alpha value is -0.575. The van der Waals surface area contributed by atoms with Crippen LogP contribution in [0.25, 0.3) is 10.9 Å². The summed E-state index contributed by atoms with van der Waals surface area (Å²) < 4.78 is 0. The Bertz CT molecular complexity index is 286. The summed E-state index contributed by atoms with van der Waals surface area (Å²) >= 11 is 1.65. The molecule has 1 aromatic heterocycles. The molecule has 2 radical (unpaired) electrons. The lowest BCUT2D eigenvalue weighted by Gasteiger charge is -1.91. The van der Waals surface area contributed by atoms with Crippen LogP contribution < -0.4 is 0 Å². The van der Waals surface area contributed by atoms with E-state index in [1.54, 1.807) is 22.4 Å². The van der Waals surface area contributed by atoms with Gasteiger partial charge in [-0.25, -0.2) is 0 Å². The minimum atomic E-state index is 1.06. The van der Waals surface area contributed by atoms with E-state index in [1.807, 2.05) is 30.5 Å². The van der Waals surface area contributed by atoms with Crippen molar-refractivity contribution in [2.24, 2.45) is 0 Å². The number of hydrogen-bond acceptors (Lipinski definition) is 1. The predicted molar refractivity (Wildman–Crippen MR) is 61.5 cm³/mol. The van der Waals surface area contributed by atoms with Gasteiger partial charge >= 0.3 is 0 Å². The summed E-state index contributed by atoms with van der Waals surface area (Å²) in [6, 6.07) is 12.1. The van der Waals surface area contributed by atoms with Crippen LogP contribution in [-0.2, 0) is 0 Å². The Morgan fingerprint density at radius 2 is 1.67 bits per heavy atom. The molecule has 12 heavy (non-hydrogen) atoms. The molecule has 1 heterocycles. The van der Waals surface area contributed by atoms with E-state index in [9.17, 15) is 0 Å². The number of halogens is 1. The molecule has 0 atom stereocenters. The third-order valence-electron chi connectivity index (χ3n) is 1.51. The molecule has 0 aliphatic carbocycles. The highest BCUT2D eigenvalue weighted by molar-refractivity contribution is 14.1. The van der Waals surface area contributed by atoms with E-state index in [4.69, 9.17) is 0 Å². The highest BCUT2D eigenvalue weighted by atomic mass is 127. The highest BCUT2D eigenvalue weighted by Crippen LogP contribution is 2.07. The Morgan fingerprint density at radius 3 is 2.42 bits per heavy atom. The molecule has 0 N–H and O–H groups in total. The molecule has 58 valence electrons. The lowest BCUT2D eigenvalue weighted by molar-refractivity contribution is 1.41. The summed E-state index contributed by atoms with van der Waals surface area (Å²) in [5.74, 6) is 0. The van der Waals surface area contributed by atoms with E-state index in [2.05, 4.69) is 22.8 Å². The lowest BCUT2D eigenvalue weighted by Crippen LogP contribution is -1.73. The summed E-state index contributed by atoms with van der Waals surface area (Å²) in [5, 5.41) is 1.20. The molecule has 0 aliphatic heterocycles. The van der Waals surface area contributed by atoms with Crippen LogP contribution in [0.2, 0.25) is 0 Å². The lowest BCUT2D eigenvalue weighted by atomic mass is 10.2. The van der Waals surface area contributed by atoms with Crippen molar-refractivity contribution in [2.45, 2.75) is 0 Å². The zero-order chi connectivity index (χ0) is 8.81. The molecule has 0 saturated heterocycles. The number of hydrogen-bond donors (Lipinski definition) is 0. The van der Waals surface area contributed by atoms with Gasteiger partial charge in [0.05, 0.1) is 5.52 Å². The normalized spacial score (nSPS) is 8.75.